The first-order chi connectivity index (χ1) is 9.20. The van der Waals surface area contributed by atoms with Crippen LogP contribution in [-0.2, 0) is 11.2 Å². The molecule has 0 unspecified atom stereocenters. The van der Waals surface area contributed by atoms with Crippen molar-refractivity contribution >= 4 is 17.2 Å². The summed E-state index contributed by atoms with van der Waals surface area (Å²) in [6.07, 6.45) is 4.64. The van der Waals surface area contributed by atoms with Gasteiger partial charge in [0.1, 0.15) is 0 Å². The van der Waals surface area contributed by atoms with E-state index in [2.05, 4.69) is 17.2 Å². The van der Waals surface area contributed by atoms with E-state index >= 15 is 0 Å². The Hall–Kier alpha value is -0.870. The Labute approximate surface area is 118 Å². The smallest absolute Gasteiger partial charge is 0.227 e. The van der Waals surface area contributed by atoms with Gasteiger partial charge in [0.15, 0.2) is 0 Å². The van der Waals surface area contributed by atoms with Gasteiger partial charge >= 0.3 is 0 Å². The third-order valence-electron chi connectivity index (χ3n) is 5.09. The van der Waals surface area contributed by atoms with Crippen LogP contribution in [0.1, 0.15) is 38.2 Å². The Balaban J connectivity index is 1.77. The van der Waals surface area contributed by atoms with Crippen LogP contribution in [0.3, 0.4) is 0 Å². The lowest BCUT2D eigenvalue weighted by molar-refractivity contribution is -0.132. The summed E-state index contributed by atoms with van der Waals surface area (Å²) in [5.74, 6) is 0.245. The number of aliphatic hydroxyl groups excluding tert-OH is 1. The van der Waals surface area contributed by atoms with E-state index in [0.717, 1.165) is 31.2 Å². The fraction of sp³-hybridized carbons (Fsp3) is 0.667. The highest BCUT2D eigenvalue weighted by Gasteiger charge is 2.55. The van der Waals surface area contributed by atoms with E-state index in [-0.39, 0.29) is 24.0 Å². The van der Waals surface area contributed by atoms with Gasteiger partial charge in [0.05, 0.1) is 13.0 Å². The molecule has 3 heterocycles. The first kappa shape index (κ1) is 13.1. The first-order valence-electron chi connectivity index (χ1n) is 7.13. The molecule has 3 nitrogen and oxygen atoms in total. The van der Waals surface area contributed by atoms with Crippen LogP contribution in [0.25, 0.3) is 0 Å². The van der Waals surface area contributed by atoms with Crippen LogP contribution < -0.4 is 0 Å². The number of carbonyl (C=O) groups excluding carboxylic acids is 1. The summed E-state index contributed by atoms with van der Waals surface area (Å²) in [7, 11) is 0. The van der Waals surface area contributed by atoms with Crippen LogP contribution in [0.5, 0.6) is 0 Å². The van der Waals surface area contributed by atoms with E-state index in [1.165, 1.54) is 0 Å². The van der Waals surface area contributed by atoms with Crippen LogP contribution in [0.4, 0.5) is 0 Å². The van der Waals surface area contributed by atoms with Crippen molar-refractivity contribution in [2.75, 3.05) is 6.61 Å². The van der Waals surface area contributed by atoms with Crippen molar-refractivity contribution in [1.29, 1.82) is 0 Å². The van der Waals surface area contributed by atoms with Crippen LogP contribution in [0.15, 0.2) is 16.8 Å². The minimum Gasteiger partial charge on any atom is -0.396 e. The van der Waals surface area contributed by atoms with Crippen molar-refractivity contribution < 1.29 is 9.90 Å². The SMILES string of the molecule is CC[C@@]1(CO)C[C@@H]2CC[C@H]1N2C(=O)Cc1ccsc1. The number of rotatable bonds is 4. The molecule has 19 heavy (non-hydrogen) atoms. The molecule has 0 spiro atoms. The lowest BCUT2D eigenvalue weighted by atomic mass is 9.72. The molecule has 2 bridgehead atoms. The molecular weight excluding hydrogens is 258 g/mol. The van der Waals surface area contributed by atoms with Gasteiger partial charge in [-0.25, -0.2) is 0 Å². The molecular formula is C15H21NO2S. The number of fused-ring (bicyclic) bond motifs is 2. The standard InChI is InChI=1S/C15H21NO2S/c1-2-15(10-17)8-12-3-4-13(15)16(12)14(18)7-11-5-6-19-9-11/h5-6,9,12-13,17H,2-4,7-8,10H2,1H3/t12-,13+,15-/m0/s1. The van der Waals surface area contributed by atoms with E-state index in [0.29, 0.717) is 12.5 Å². The Morgan fingerprint density at radius 2 is 2.42 bits per heavy atom. The fourth-order valence-electron chi connectivity index (χ4n) is 3.99. The predicted octanol–water partition coefficient (Wildman–Crippen LogP) is 2.44. The fourth-order valence-corrected chi connectivity index (χ4v) is 4.66. The summed E-state index contributed by atoms with van der Waals surface area (Å²) in [4.78, 5) is 14.6. The van der Waals surface area contributed by atoms with Crippen molar-refractivity contribution in [3.05, 3.63) is 22.4 Å². The van der Waals surface area contributed by atoms with Crippen LogP contribution in [0, 0.1) is 5.41 Å². The second-order valence-corrected chi connectivity index (χ2v) is 6.71. The molecule has 3 rings (SSSR count). The average Bonchev–Trinajstić information content (AvgIpc) is 3.12. The predicted molar refractivity (Wildman–Crippen MR) is 76.1 cm³/mol. The normalized spacial score (nSPS) is 33.1. The van der Waals surface area contributed by atoms with Crippen molar-refractivity contribution in [1.82, 2.24) is 4.90 Å². The molecule has 0 aromatic carbocycles. The van der Waals surface area contributed by atoms with Crippen molar-refractivity contribution in [2.45, 2.75) is 51.1 Å². The topological polar surface area (TPSA) is 40.5 Å². The largest absolute Gasteiger partial charge is 0.396 e. The number of thiophene rings is 1. The maximum atomic E-state index is 12.5. The molecule has 4 heteroatoms. The van der Waals surface area contributed by atoms with Gasteiger partial charge in [-0.05, 0) is 48.1 Å². The van der Waals surface area contributed by atoms with Gasteiger partial charge in [0.25, 0.3) is 0 Å². The van der Waals surface area contributed by atoms with Gasteiger partial charge in [0, 0.05) is 17.5 Å². The second-order valence-electron chi connectivity index (χ2n) is 5.93. The molecule has 1 amide bonds. The molecule has 2 saturated heterocycles. The van der Waals surface area contributed by atoms with Gasteiger partial charge < -0.3 is 10.0 Å². The monoisotopic (exact) mass is 279 g/mol. The second kappa shape index (κ2) is 4.91. The molecule has 1 aromatic heterocycles. The number of aliphatic hydroxyl groups is 1. The zero-order chi connectivity index (χ0) is 13.5. The summed E-state index contributed by atoms with van der Waals surface area (Å²) >= 11 is 1.64. The Morgan fingerprint density at radius 1 is 1.58 bits per heavy atom. The van der Waals surface area contributed by atoms with E-state index in [1.54, 1.807) is 11.3 Å². The molecule has 2 fully saturated rings. The average molecular weight is 279 g/mol. The van der Waals surface area contributed by atoms with Crippen molar-refractivity contribution in [3.63, 3.8) is 0 Å². The van der Waals surface area contributed by atoms with E-state index in [9.17, 15) is 9.90 Å². The van der Waals surface area contributed by atoms with Gasteiger partial charge in [-0.2, -0.15) is 11.3 Å². The van der Waals surface area contributed by atoms with Crippen LogP contribution >= 0.6 is 11.3 Å². The summed E-state index contributed by atoms with van der Waals surface area (Å²) in [6, 6.07) is 2.65. The van der Waals surface area contributed by atoms with Gasteiger partial charge in [-0.15, -0.1) is 0 Å². The molecule has 0 radical (unpaired) electrons. The quantitative estimate of drug-likeness (QED) is 0.919. The Kier molecular flexibility index (Phi) is 3.39. The Bertz CT molecular complexity index is 453. The van der Waals surface area contributed by atoms with Gasteiger partial charge in [-0.3, -0.25) is 4.79 Å². The van der Waals surface area contributed by atoms with Crippen LogP contribution in [0.2, 0.25) is 0 Å². The highest BCUT2D eigenvalue weighted by molar-refractivity contribution is 7.07. The number of hydrogen-bond donors (Lipinski definition) is 1. The molecule has 2 aliphatic rings. The summed E-state index contributed by atoms with van der Waals surface area (Å²) < 4.78 is 0. The highest BCUT2D eigenvalue weighted by atomic mass is 32.1. The molecule has 1 aromatic rings. The lowest BCUT2D eigenvalue weighted by Gasteiger charge is -2.34. The first-order valence-corrected chi connectivity index (χ1v) is 8.07. The lowest BCUT2D eigenvalue weighted by Crippen LogP contribution is -2.42. The molecule has 0 saturated carbocycles. The highest BCUT2D eigenvalue weighted by Crippen LogP contribution is 2.51. The minimum absolute atomic E-state index is 0.0345. The van der Waals surface area contributed by atoms with Crippen molar-refractivity contribution in [2.24, 2.45) is 5.41 Å². The van der Waals surface area contributed by atoms with Crippen LogP contribution in [-0.4, -0.2) is 34.6 Å². The summed E-state index contributed by atoms with van der Waals surface area (Å²) in [5.41, 5.74) is 1.08. The molecule has 2 aliphatic heterocycles. The third kappa shape index (κ3) is 2.01. The van der Waals surface area contributed by atoms with E-state index in [1.807, 2.05) is 11.4 Å². The van der Waals surface area contributed by atoms with Gasteiger partial charge in [0.2, 0.25) is 5.91 Å². The number of carbonyl (C=O) groups is 1. The zero-order valence-electron chi connectivity index (χ0n) is 11.3. The molecule has 104 valence electrons. The number of hydrogen-bond acceptors (Lipinski definition) is 3. The minimum atomic E-state index is -0.0345. The molecule has 0 aliphatic carbocycles. The van der Waals surface area contributed by atoms with E-state index in [4.69, 9.17) is 0 Å². The van der Waals surface area contributed by atoms with E-state index < -0.39 is 0 Å². The Morgan fingerprint density at radius 3 is 3.00 bits per heavy atom. The molecule has 1 N–H and O–H groups in total. The third-order valence-corrected chi connectivity index (χ3v) is 5.83. The zero-order valence-corrected chi connectivity index (χ0v) is 12.2. The van der Waals surface area contributed by atoms with Crippen molar-refractivity contribution in [3.8, 4) is 0 Å². The van der Waals surface area contributed by atoms with Gasteiger partial charge in [-0.1, -0.05) is 6.92 Å². The number of nitrogens with zero attached hydrogens (tertiary/aromatic N) is 1. The summed E-state index contributed by atoms with van der Waals surface area (Å²) in [6.45, 7) is 2.35. The molecule has 3 atom stereocenters. The summed E-state index contributed by atoms with van der Waals surface area (Å²) in [5, 5.41) is 13.8. The number of amides is 1. The maximum Gasteiger partial charge on any atom is 0.227 e. The maximum absolute atomic E-state index is 12.5.